The van der Waals surface area contributed by atoms with Crippen LogP contribution in [0.3, 0.4) is 0 Å². The molecule has 1 amide bonds. The number of amides is 1. The minimum atomic E-state index is -4.23. The average Bonchev–Trinajstić information content (AvgIpc) is 2.57. The van der Waals surface area contributed by atoms with E-state index in [4.69, 9.17) is 10.5 Å². The zero-order valence-electron chi connectivity index (χ0n) is 10.7. The van der Waals surface area contributed by atoms with Gasteiger partial charge in [0.1, 0.15) is 12.4 Å². The van der Waals surface area contributed by atoms with E-state index in [2.05, 4.69) is 5.32 Å². The Hall–Kier alpha value is -1.76. The van der Waals surface area contributed by atoms with Crippen LogP contribution in [0.2, 0.25) is 0 Å². The summed E-state index contributed by atoms with van der Waals surface area (Å²) in [5, 5.41) is 2.64. The van der Waals surface area contributed by atoms with Crippen LogP contribution in [-0.4, -0.2) is 25.2 Å². The molecule has 20 heavy (non-hydrogen) atoms. The van der Waals surface area contributed by atoms with E-state index in [1.165, 1.54) is 6.07 Å². The van der Waals surface area contributed by atoms with Crippen molar-refractivity contribution in [2.24, 2.45) is 5.73 Å². The number of benzene rings is 1. The van der Waals surface area contributed by atoms with E-state index in [-0.39, 0.29) is 12.3 Å². The summed E-state index contributed by atoms with van der Waals surface area (Å²) < 4.78 is 41.9. The molecular formula is C13H15F3N2O2. The number of carbonyl (C=O) groups excluding carboxylic acids is 1. The van der Waals surface area contributed by atoms with Crippen molar-refractivity contribution in [3.05, 3.63) is 29.3 Å². The third-order valence-corrected chi connectivity index (χ3v) is 3.06. The Kier molecular flexibility index (Phi) is 4.17. The summed E-state index contributed by atoms with van der Waals surface area (Å²) in [6.45, 7) is 0.751. The Balaban J connectivity index is 2.15. The second-order valence-corrected chi connectivity index (χ2v) is 4.62. The molecule has 110 valence electrons. The van der Waals surface area contributed by atoms with Gasteiger partial charge in [-0.15, -0.1) is 0 Å². The van der Waals surface area contributed by atoms with Gasteiger partial charge >= 0.3 is 6.18 Å². The Labute approximate surface area is 114 Å². The van der Waals surface area contributed by atoms with Gasteiger partial charge < -0.3 is 15.8 Å². The number of rotatable bonds is 3. The van der Waals surface area contributed by atoms with E-state index in [9.17, 15) is 18.0 Å². The Morgan fingerprint density at radius 2 is 2.15 bits per heavy atom. The lowest BCUT2D eigenvalue weighted by atomic mass is 9.99. The number of hydrogen-bond acceptors (Lipinski definition) is 3. The first-order valence-electron chi connectivity index (χ1n) is 6.24. The molecule has 0 aromatic heterocycles. The maximum absolute atomic E-state index is 12.2. The predicted octanol–water partition coefficient (Wildman–Crippen LogP) is 2.15. The minimum absolute atomic E-state index is 0.217. The van der Waals surface area contributed by atoms with Crippen LogP contribution >= 0.6 is 0 Å². The van der Waals surface area contributed by atoms with E-state index in [1.54, 1.807) is 12.1 Å². The van der Waals surface area contributed by atoms with Gasteiger partial charge in [0.05, 0.1) is 12.1 Å². The Morgan fingerprint density at radius 3 is 2.85 bits per heavy atom. The first-order chi connectivity index (χ1) is 9.37. The predicted molar refractivity (Wildman–Crippen MR) is 66.5 cm³/mol. The number of halogens is 3. The molecule has 1 unspecified atom stereocenters. The SMILES string of the molecule is NC(CCC(F)(F)F)c1ccc2c(c1)C(=O)NCCO2. The number of nitrogens with one attached hydrogen (secondary N) is 1. The third kappa shape index (κ3) is 3.63. The van der Waals surface area contributed by atoms with Crippen LogP contribution in [0.25, 0.3) is 0 Å². The van der Waals surface area contributed by atoms with Crippen LogP contribution in [-0.2, 0) is 0 Å². The van der Waals surface area contributed by atoms with Crippen LogP contribution in [0.5, 0.6) is 5.75 Å². The first kappa shape index (κ1) is 14.6. The van der Waals surface area contributed by atoms with Crippen molar-refractivity contribution in [2.75, 3.05) is 13.2 Å². The fourth-order valence-corrected chi connectivity index (χ4v) is 1.99. The average molecular weight is 288 g/mol. The molecule has 0 saturated heterocycles. The number of hydrogen-bond donors (Lipinski definition) is 2. The second-order valence-electron chi connectivity index (χ2n) is 4.62. The fourth-order valence-electron chi connectivity index (χ4n) is 1.99. The molecular weight excluding hydrogens is 273 g/mol. The van der Waals surface area contributed by atoms with Gasteiger partial charge in [-0.2, -0.15) is 13.2 Å². The van der Waals surface area contributed by atoms with Gasteiger partial charge in [-0.05, 0) is 24.1 Å². The molecule has 0 radical (unpaired) electrons. The molecule has 7 heteroatoms. The van der Waals surface area contributed by atoms with Gasteiger partial charge in [-0.25, -0.2) is 0 Å². The van der Waals surface area contributed by atoms with Crippen LogP contribution in [0, 0.1) is 0 Å². The van der Waals surface area contributed by atoms with Gasteiger partial charge in [-0.3, -0.25) is 4.79 Å². The van der Waals surface area contributed by atoms with E-state index in [1.807, 2.05) is 0 Å². The molecule has 4 nitrogen and oxygen atoms in total. The quantitative estimate of drug-likeness (QED) is 0.895. The molecule has 1 aliphatic rings. The van der Waals surface area contributed by atoms with Crippen molar-refractivity contribution in [3.63, 3.8) is 0 Å². The molecule has 3 N–H and O–H groups in total. The number of fused-ring (bicyclic) bond motifs is 1. The van der Waals surface area contributed by atoms with Crippen LogP contribution in [0.4, 0.5) is 13.2 Å². The summed E-state index contributed by atoms with van der Waals surface area (Å²) in [6, 6.07) is 3.90. The van der Waals surface area contributed by atoms with Gasteiger partial charge in [-0.1, -0.05) is 6.07 Å². The number of nitrogens with two attached hydrogens (primary N) is 1. The van der Waals surface area contributed by atoms with Crippen LogP contribution in [0.15, 0.2) is 18.2 Å². The first-order valence-corrected chi connectivity index (χ1v) is 6.24. The van der Waals surface area contributed by atoms with E-state index in [0.29, 0.717) is 30.0 Å². The molecule has 0 fully saturated rings. The summed E-state index contributed by atoms with van der Waals surface area (Å²) >= 11 is 0. The summed E-state index contributed by atoms with van der Waals surface area (Å²) in [4.78, 5) is 11.8. The van der Waals surface area contributed by atoms with E-state index < -0.39 is 18.6 Å². The Bertz CT molecular complexity index is 503. The van der Waals surface area contributed by atoms with Gasteiger partial charge in [0.15, 0.2) is 0 Å². The van der Waals surface area contributed by atoms with Crippen molar-refractivity contribution in [1.29, 1.82) is 0 Å². The van der Waals surface area contributed by atoms with Crippen molar-refractivity contribution in [2.45, 2.75) is 25.1 Å². The number of alkyl halides is 3. The lowest BCUT2D eigenvalue weighted by Crippen LogP contribution is -2.24. The molecule has 1 atom stereocenters. The zero-order valence-corrected chi connectivity index (χ0v) is 10.7. The summed E-state index contributed by atoms with van der Waals surface area (Å²) in [5.74, 6) is 0.120. The molecule has 0 spiro atoms. The number of ether oxygens (including phenoxy) is 1. The van der Waals surface area contributed by atoms with Crippen LogP contribution in [0.1, 0.15) is 34.8 Å². The van der Waals surface area contributed by atoms with Crippen molar-refractivity contribution < 1.29 is 22.7 Å². The minimum Gasteiger partial charge on any atom is -0.491 e. The van der Waals surface area contributed by atoms with E-state index >= 15 is 0 Å². The fraction of sp³-hybridized carbons (Fsp3) is 0.462. The maximum atomic E-state index is 12.2. The molecule has 2 rings (SSSR count). The summed E-state index contributed by atoms with van der Waals surface area (Å²) in [7, 11) is 0. The van der Waals surface area contributed by atoms with Crippen molar-refractivity contribution in [1.82, 2.24) is 5.32 Å². The van der Waals surface area contributed by atoms with Crippen molar-refractivity contribution in [3.8, 4) is 5.75 Å². The normalized spacial score (nSPS) is 16.7. The number of carbonyl (C=O) groups is 1. The zero-order chi connectivity index (χ0) is 14.8. The largest absolute Gasteiger partial charge is 0.491 e. The maximum Gasteiger partial charge on any atom is 0.389 e. The Morgan fingerprint density at radius 1 is 1.40 bits per heavy atom. The molecule has 1 aliphatic heterocycles. The van der Waals surface area contributed by atoms with Gasteiger partial charge in [0, 0.05) is 12.5 Å². The highest BCUT2D eigenvalue weighted by Crippen LogP contribution is 2.29. The molecule has 1 heterocycles. The lowest BCUT2D eigenvalue weighted by molar-refractivity contribution is -0.136. The van der Waals surface area contributed by atoms with E-state index in [0.717, 1.165) is 0 Å². The molecule has 0 bridgehead atoms. The standard InChI is InChI=1S/C13H15F3N2O2/c14-13(15,16)4-3-10(17)8-1-2-11-9(7-8)12(19)18-5-6-20-11/h1-2,7,10H,3-6,17H2,(H,18,19). The summed E-state index contributed by atoms with van der Waals surface area (Å²) in [6.07, 6.45) is -5.40. The third-order valence-electron chi connectivity index (χ3n) is 3.06. The molecule has 1 aromatic rings. The summed E-state index contributed by atoms with van der Waals surface area (Å²) in [5.41, 5.74) is 6.55. The molecule has 0 saturated carbocycles. The highest BCUT2D eigenvalue weighted by Gasteiger charge is 2.28. The highest BCUT2D eigenvalue weighted by molar-refractivity contribution is 5.97. The highest BCUT2D eigenvalue weighted by atomic mass is 19.4. The van der Waals surface area contributed by atoms with Crippen molar-refractivity contribution >= 4 is 5.91 Å². The monoisotopic (exact) mass is 288 g/mol. The topological polar surface area (TPSA) is 64.4 Å². The lowest BCUT2D eigenvalue weighted by Gasteiger charge is -2.15. The van der Waals surface area contributed by atoms with Gasteiger partial charge in [0.2, 0.25) is 0 Å². The smallest absolute Gasteiger partial charge is 0.389 e. The second kappa shape index (κ2) is 5.70. The van der Waals surface area contributed by atoms with Gasteiger partial charge in [0.25, 0.3) is 5.91 Å². The molecule has 0 aliphatic carbocycles. The molecule has 1 aromatic carbocycles. The van der Waals surface area contributed by atoms with Crippen LogP contribution < -0.4 is 15.8 Å².